The molecule has 2 aromatic heterocycles. The van der Waals surface area contributed by atoms with E-state index >= 15 is 0 Å². The first-order valence-corrected chi connectivity index (χ1v) is 14.2. The van der Waals surface area contributed by atoms with E-state index in [0.717, 1.165) is 67.6 Å². The summed E-state index contributed by atoms with van der Waals surface area (Å²) in [5, 5.41) is 14.4. The van der Waals surface area contributed by atoms with Crippen LogP contribution in [-0.4, -0.2) is 33.7 Å². The third kappa shape index (κ3) is 6.78. The van der Waals surface area contributed by atoms with Gasteiger partial charge in [0.25, 0.3) is 0 Å². The number of oxime groups is 1. The number of carbonyl (C=O) groups is 2. The summed E-state index contributed by atoms with van der Waals surface area (Å²) < 4.78 is 0. The lowest BCUT2D eigenvalue weighted by Crippen LogP contribution is -2.46. The van der Waals surface area contributed by atoms with Crippen molar-refractivity contribution in [3.8, 4) is 0 Å². The van der Waals surface area contributed by atoms with Gasteiger partial charge in [-0.1, -0.05) is 38.9 Å². The van der Waals surface area contributed by atoms with Crippen LogP contribution in [0.25, 0.3) is 0 Å². The van der Waals surface area contributed by atoms with Crippen molar-refractivity contribution in [2.45, 2.75) is 97.1 Å². The molecule has 37 heavy (non-hydrogen) atoms. The van der Waals surface area contributed by atoms with Crippen LogP contribution in [0.15, 0.2) is 35.6 Å². The number of pyridine rings is 1. The lowest BCUT2D eigenvalue weighted by Gasteiger charge is -2.38. The molecule has 2 aromatic rings. The topological polar surface area (TPSA) is 92.1 Å². The number of aromatic carboxylic acids is 1. The third-order valence-corrected chi connectivity index (χ3v) is 9.08. The molecular formula is C29H39N3O4S. The van der Waals surface area contributed by atoms with Crippen molar-refractivity contribution in [2.24, 2.45) is 17.0 Å². The molecule has 0 aromatic carbocycles. The zero-order valence-corrected chi connectivity index (χ0v) is 23.2. The van der Waals surface area contributed by atoms with Gasteiger partial charge < -0.3 is 14.8 Å². The summed E-state index contributed by atoms with van der Waals surface area (Å²) in [7, 11) is 0. The average molecular weight is 526 g/mol. The molecule has 2 aliphatic rings. The molecule has 2 saturated carbocycles. The molecule has 2 heterocycles. The quantitative estimate of drug-likeness (QED) is 0.401. The van der Waals surface area contributed by atoms with Crippen molar-refractivity contribution in [3.63, 3.8) is 0 Å². The second kappa shape index (κ2) is 11.8. The van der Waals surface area contributed by atoms with E-state index in [2.05, 4.69) is 37.8 Å². The molecule has 0 atom stereocenters. The van der Waals surface area contributed by atoms with Gasteiger partial charge in [0.15, 0.2) is 6.61 Å². The van der Waals surface area contributed by atoms with Gasteiger partial charge in [-0.3, -0.25) is 9.78 Å². The van der Waals surface area contributed by atoms with Gasteiger partial charge in [-0.25, -0.2) is 4.79 Å². The van der Waals surface area contributed by atoms with E-state index in [1.807, 2.05) is 29.2 Å². The highest BCUT2D eigenvalue weighted by Gasteiger charge is 2.37. The molecule has 0 bridgehead atoms. The maximum absolute atomic E-state index is 14.0. The number of hydrogen-bond donors (Lipinski definition) is 1. The number of rotatable bonds is 7. The standard InChI is InChI=1S/C29H39N3O4S/c1-19-8-10-20(11-9-19)27(33)32(24-17-25(29(2,3)4)37-26(24)28(34)35)23-14-12-21(13-15-23)31-36-18-22-7-5-6-16-30-22/h5-7,16-17,19-20,23H,8-15,18H2,1-4H3,(H,34,35). The number of hydrogen-bond acceptors (Lipinski definition) is 6. The molecular weight excluding hydrogens is 486 g/mol. The van der Waals surface area contributed by atoms with Gasteiger partial charge in [0.1, 0.15) is 4.88 Å². The molecule has 0 spiro atoms. The molecule has 200 valence electrons. The van der Waals surface area contributed by atoms with Crippen molar-refractivity contribution in [1.82, 2.24) is 4.98 Å². The van der Waals surface area contributed by atoms with Crippen LogP contribution in [0.2, 0.25) is 0 Å². The number of amides is 1. The summed E-state index contributed by atoms with van der Waals surface area (Å²) in [4.78, 5) is 39.3. The van der Waals surface area contributed by atoms with Crippen LogP contribution in [0, 0.1) is 11.8 Å². The Morgan fingerprint density at radius 1 is 1.14 bits per heavy atom. The van der Waals surface area contributed by atoms with Crippen LogP contribution in [0.4, 0.5) is 5.69 Å². The Bertz CT molecular complexity index is 1100. The van der Waals surface area contributed by atoms with Crippen LogP contribution in [0.5, 0.6) is 0 Å². The molecule has 8 heteroatoms. The van der Waals surface area contributed by atoms with Gasteiger partial charge in [0, 0.05) is 23.0 Å². The molecule has 4 rings (SSSR count). The first-order valence-electron chi connectivity index (χ1n) is 13.4. The van der Waals surface area contributed by atoms with E-state index in [0.29, 0.717) is 18.2 Å². The third-order valence-electron chi connectivity index (χ3n) is 7.54. The smallest absolute Gasteiger partial charge is 0.348 e. The monoisotopic (exact) mass is 525 g/mol. The highest BCUT2D eigenvalue weighted by atomic mass is 32.1. The Morgan fingerprint density at radius 3 is 2.43 bits per heavy atom. The summed E-state index contributed by atoms with van der Waals surface area (Å²) in [5.41, 5.74) is 2.18. The van der Waals surface area contributed by atoms with Crippen LogP contribution in [0.3, 0.4) is 0 Å². The lowest BCUT2D eigenvalue weighted by molar-refractivity contribution is -0.124. The van der Waals surface area contributed by atoms with E-state index in [1.165, 1.54) is 11.3 Å². The Balaban J connectivity index is 1.55. The normalized spacial score (nSPS) is 22.4. The van der Waals surface area contributed by atoms with Crippen LogP contribution < -0.4 is 4.90 Å². The minimum absolute atomic E-state index is 0.0485. The number of aromatic nitrogens is 1. The van der Waals surface area contributed by atoms with Gasteiger partial charge in [0.2, 0.25) is 5.91 Å². The second-order valence-corrected chi connectivity index (χ2v) is 12.6. The van der Waals surface area contributed by atoms with Gasteiger partial charge in [0.05, 0.1) is 17.1 Å². The van der Waals surface area contributed by atoms with E-state index < -0.39 is 5.97 Å². The van der Waals surface area contributed by atoms with Crippen molar-refractivity contribution in [1.29, 1.82) is 0 Å². The van der Waals surface area contributed by atoms with Gasteiger partial charge >= 0.3 is 5.97 Å². The van der Waals surface area contributed by atoms with Crippen molar-refractivity contribution in [2.75, 3.05) is 4.90 Å². The molecule has 0 saturated heterocycles. The molecule has 0 aliphatic heterocycles. The fourth-order valence-electron chi connectivity index (χ4n) is 5.24. The second-order valence-electron chi connectivity index (χ2n) is 11.5. The largest absolute Gasteiger partial charge is 0.477 e. The summed E-state index contributed by atoms with van der Waals surface area (Å²) >= 11 is 1.30. The maximum atomic E-state index is 14.0. The predicted molar refractivity (Wildman–Crippen MR) is 147 cm³/mol. The van der Waals surface area contributed by atoms with Crippen molar-refractivity contribution >= 4 is 34.6 Å². The molecule has 7 nitrogen and oxygen atoms in total. The van der Waals surface area contributed by atoms with E-state index in [4.69, 9.17) is 4.84 Å². The van der Waals surface area contributed by atoms with Crippen molar-refractivity contribution in [3.05, 3.63) is 45.9 Å². The first-order chi connectivity index (χ1) is 17.6. The zero-order chi connectivity index (χ0) is 26.6. The summed E-state index contributed by atoms with van der Waals surface area (Å²) in [6.07, 6.45) is 8.47. The molecule has 2 fully saturated rings. The molecule has 0 unspecified atom stereocenters. The van der Waals surface area contributed by atoms with Crippen molar-refractivity contribution < 1.29 is 19.5 Å². The molecule has 2 aliphatic carbocycles. The zero-order valence-electron chi connectivity index (χ0n) is 22.4. The number of nitrogens with zero attached hydrogens (tertiary/aromatic N) is 3. The first kappa shape index (κ1) is 27.3. The highest BCUT2D eigenvalue weighted by Crippen LogP contribution is 2.41. The summed E-state index contributed by atoms with van der Waals surface area (Å²) in [6, 6.07) is 7.59. The molecule has 1 amide bonds. The Morgan fingerprint density at radius 2 is 1.84 bits per heavy atom. The lowest BCUT2D eigenvalue weighted by atomic mass is 9.81. The highest BCUT2D eigenvalue weighted by molar-refractivity contribution is 7.14. The molecule has 1 N–H and O–H groups in total. The maximum Gasteiger partial charge on any atom is 0.348 e. The Hall–Kier alpha value is -2.74. The Kier molecular flexibility index (Phi) is 8.67. The number of thiophene rings is 1. The van der Waals surface area contributed by atoms with E-state index in [-0.39, 0.29) is 28.2 Å². The van der Waals surface area contributed by atoms with E-state index in [9.17, 15) is 14.7 Å². The Labute approximate surface area is 223 Å². The van der Waals surface area contributed by atoms with Gasteiger partial charge in [-0.15, -0.1) is 11.3 Å². The van der Waals surface area contributed by atoms with Crippen LogP contribution in [-0.2, 0) is 21.7 Å². The number of carboxylic acids is 1. The van der Waals surface area contributed by atoms with Crippen LogP contribution >= 0.6 is 11.3 Å². The fraction of sp³-hybridized carbons (Fsp3) is 0.586. The summed E-state index contributed by atoms with van der Waals surface area (Å²) in [6.45, 7) is 8.81. The van der Waals surface area contributed by atoms with Gasteiger partial charge in [-0.05, 0) is 80.9 Å². The molecule has 0 radical (unpaired) electrons. The SMILES string of the molecule is CC1CCC(C(=O)N(c2cc(C(C)(C)C)sc2C(=O)O)C2CCC(=NOCc3ccccn3)CC2)CC1. The number of anilines is 1. The van der Waals surface area contributed by atoms with Gasteiger partial charge in [-0.2, -0.15) is 0 Å². The predicted octanol–water partition coefficient (Wildman–Crippen LogP) is 6.81. The number of carboxylic acid groups (broad SMARTS) is 1. The fourth-order valence-corrected chi connectivity index (χ4v) is 6.29. The minimum Gasteiger partial charge on any atom is -0.477 e. The minimum atomic E-state index is -0.966. The summed E-state index contributed by atoms with van der Waals surface area (Å²) in [5.74, 6) is -0.288. The van der Waals surface area contributed by atoms with Crippen LogP contribution in [0.1, 0.15) is 99.3 Å². The number of carbonyl (C=O) groups excluding carboxylic acids is 1. The van der Waals surface area contributed by atoms with E-state index in [1.54, 1.807) is 6.20 Å². The average Bonchev–Trinajstić information content (AvgIpc) is 3.32.